The second-order valence-corrected chi connectivity index (χ2v) is 5.98. The maximum absolute atomic E-state index is 5.84. The predicted octanol–water partition coefficient (Wildman–Crippen LogP) is 3.05. The van der Waals surface area contributed by atoms with E-state index in [1.807, 2.05) is 41.9 Å². The highest BCUT2D eigenvalue weighted by molar-refractivity contribution is 5.38. The van der Waals surface area contributed by atoms with Crippen LogP contribution in [0.5, 0.6) is 11.6 Å². The number of benzene rings is 1. The molecule has 0 radical (unpaired) electrons. The van der Waals surface area contributed by atoms with Crippen LogP contribution in [0.25, 0.3) is 5.69 Å². The molecule has 1 aromatic carbocycles. The highest BCUT2D eigenvalue weighted by Gasteiger charge is 2.11. The number of nitrogens with zero attached hydrogens (tertiary/aromatic N) is 3. The first-order chi connectivity index (χ1) is 11.3. The molecule has 2 aromatic rings. The summed E-state index contributed by atoms with van der Waals surface area (Å²) < 4.78 is 12.9. The summed E-state index contributed by atoms with van der Waals surface area (Å²) in [6.07, 6.45) is 3.99. The molecule has 124 valence electrons. The van der Waals surface area contributed by atoms with E-state index in [0.29, 0.717) is 12.5 Å². The van der Waals surface area contributed by atoms with Gasteiger partial charge in [-0.15, -0.1) is 5.10 Å². The van der Waals surface area contributed by atoms with E-state index in [1.54, 1.807) is 7.11 Å². The van der Waals surface area contributed by atoms with Gasteiger partial charge in [-0.25, -0.2) is 4.68 Å². The third kappa shape index (κ3) is 4.05. The van der Waals surface area contributed by atoms with Gasteiger partial charge in [-0.1, -0.05) is 6.42 Å². The largest absolute Gasteiger partial charge is 0.497 e. The first-order valence-electron chi connectivity index (χ1n) is 8.32. The summed E-state index contributed by atoms with van der Waals surface area (Å²) in [6, 6.07) is 9.85. The minimum atomic E-state index is 0.690. The molecule has 1 fully saturated rings. The molecule has 2 heterocycles. The minimum Gasteiger partial charge on any atom is -0.497 e. The van der Waals surface area contributed by atoms with Crippen LogP contribution in [0.15, 0.2) is 30.3 Å². The third-order valence-corrected chi connectivity index (χ3v) is 4.29. The zero-order chi connectivity index (χ0) is 16.1. The van der Waals surface area contributed by atoms with Crippen molar-refractivity contribution in [2.24, 2.45) is 0 Å². The van der Waals surface area contributed by atoms with E-state index >= 15 is 0 Å². The molecule has 3 rings (SSSR count). The van der Waals surface area contributed by atoms with Gasteiger partial charge in [0, 0.05) is 18.3 Å². The molecule has 0 unspecified atom stereocenters. The first-order valence-corrected chi connectivity index (χ1v) is 8.32. The van der Waals surface area contributed by atoms with E-state index in [0.717, 1.165) is 23.7 Å². The van der Waals surface area contributed by atoms with Crippen molar-refractivity contribution in [3.63, 3.8) is 0 Å². The molecule has 0 atom stereocenters. The molecule has 0 bridgehead atoms. The zero-order valence-electron chi connectivity index (χ0n) is 14.0. The van der Waals surface area contributed by atoms with Crippen molar-refractivity contribution in [1.29, 1.82) is 0 Å². The molecule has 5 nitrogen and oxygen atoms in total. The fraction of sp³-hybridized carbons (Fsp3) is 0.500. The van der Waals surface area contributed by atoms with Crippen molar-refractivity contribution in [3.8, 4) is 17.3 Å². The number of hydrogen-bond acceptors (Lipinski definition) is 4. The van der Waals surface area contributed by atoms with Gasteiger partial charge in [0.05, 0.1) is 12.8 Å². The highest BCUT2D eigenvalue weighted by atomic mass is 16.5. The fourth-order valence-electron chi connectivity index (χ4n) is 2.96. The van der Waals surface area contributed by atoms with Gasteiger partial charge >= 0.3 is 0 Å². The van der Waals surface area contributed by atoms with E-state index in [4.69, 9.17) is 9.47 Å². The van der Waals surface area contributed by atoms with Gasteiger partial charge in [0.1, 0.15) is 12.4 Å². The predicted molar refractivity (Wildman–Crippen MR) is 90.6 cm³/mol. The summed E-state index contributed by atoms with van der Waals surface area (Å²) >= 11 is 0. The Kier molecular flexibility index (Phi) is 5.18. The number of aryl methyl sites for hydroxylation is 1. The lowest BCUT2D eigenvalue weighted by molar-refractivity contribution is 0.180. The number of ether oxygens (including phenoxy) is 2. The number of likely N-dealkylation sites (tertiary alicyclic amines) is 1. The van der Waals surface area contributed by atoms with Crippen molar-refractivity contribution in [3.05, 3.63) is 36.0 Å². The number of rotatable bonds is 6. The summed E-state index contributed by atoms with van der Waals surface area (Å²) in [5.41, 5.74) is 2.07. The molecule has 0 saturated carbocycles. The van der Waals surface area contributed by atoms with E-state index in [9.17, 15) is 0 Å². The van der Waals surface area contributed by atoms with E-state index in [-0.39, 0.29) is 0 Å². The Hall–Kier alpha value is -2.01. The van der Waals surface area contributed by atoms with Crippen LogP contribution in [0.3, 0.4) is 0 Å². The van der Waals surface area contributed by atoms with Crippen molar-refractivity contribution in [1.82, 2.24) is 14.7 Å². The Bertz CT molecular complexity index is 616. The molecular formula is C18H25N3O2. The van der Waals surface area contributed by atoms with Gasteiger partial charge in [0.2, 0.25) is 5.88 Å². The quantitative estimate of drug-likeness (QED) is 0.821. The molecule has 1 aliphatic heterocycles. The van der Waals surface area contributed by atoms with Crippen LogP contribution in [0, 0.1) is 6.92 Å². The van der Waals surface area contributed by atoms with Gasteiger partial charge in [-0.3, -0.25) is 4.90 Å². The van der Waals surface area contributed by atoms with Crippen LogP contribution in [-0.2, 0) is 0 Å². The monoisotopic (exact) mass is 315 g/mol. The molecule has 1 saturated heterocycles. The lowest BCUT2D eigenvalue weighted by Crippen LogP contribution is -2.33. The number of methoxy groups -OCH3 is 1. The molecule has 5 heteroatoms. The average Bonchev–Trinajstić information content (AvgIpc) is 2.97. The summed E-state index contributed by atoms with van der Waals surface area (Å²) in [5, 5.41) is 4.55. The highest BCUT2D eigenvalue weighted by Crippen LogP contribution is 2.19. The second kappa shape index (κ2) is 7.51. The Labute approximate surface area is 137 Å². The van der Waals surface area contributed by atoms with Gasteiger partial charge in [0.25, 0.3) is 0 Å². The Morgan fingerprint density at radius 2 is 1.83 bits per heavy atom. The molecular weight excluding hydrogens is 290 g/mol. The minimum absolute atomic E-state index is 0.690. The average molecular weight is 315 g/mol. The maximum Gasteiger partial charge on any atom is 0.233 e. The number of aromatic nitrogens is 2. The number of hydrogen-bond donors (Lipinski definition) is 0. The lowest BCUT2D eigenvalue weighted by Gasteiger charge is -2.25. The summed E-state index contributed by atoms with van der Waals surface area (Å²) in [6.45, 7) is 6.10. The maximum atomic E-state index is 5.84. The fourth-order valence-corrected chi connectivity index (χ4v) is 2.96. The van der Waals surface area contributed by atoms with Crippen molar-refractivity contribution < 1.29 is 9.47 Å². The summed E-state index contributed by atoms with van der Waals surface area (Å²) in [4.78, 5) is 2.47. The summed E-state index contributed by atoms with van der Waals surface area (Å²) in [5.74, 6) is 1.53. The molecule has 1 aromatic heterocycles. The van der Waals surface area contributed by atoms with E-state index in [1.165, 1.54) is 32.4 Å². The lowest BCUT2D eigenvalue weighted by atomic mass is 10.1. The van der Waals surface area contributed by atoms with Crippen molar-refractivity contribution >= 4 is 0 Å². The van der Waals surface area contributed by atoms with Gasteiger partial charge < -0.3 is 9.47 Å². The van der Waals surface area contributed by atoms with Crippen molar-refractivity contribution in [2.45, 2.75) is 26.2 Å². The Morgan fingerprint density at radius 3 is 2.52 bits per heavy atom. The normalized spacial score (nSPS) is 15.6. The molecule has 0 spiro atoms. The Balaban J connectivity index is 1.58. The second-order valence-electron chi connectivity index (χ2n) is 5.98. The van der Waals surface area contributed by atoms with E-state index < -0.39 is 0 Å². The SMILES string of the molecule is COc1ccc(-n2nc(OCCN3CCCCC3)cc2C)cc1. The van der Waals surface area contributed by atoms with Crippen LogP contribution >= 0.6 is 0 Å². The molecule has 0 aliphatic carbocycles. The molecule has 0 amide bonds. The topological polar surface area (TPSA) is 39.5 Å². The molecule has 23 heavy (non-hydrogen) atoms. The van der Waals surface area contributed by atoms with Crippen LogP contribution < -0.4 is 9.47 Å². The standard InChI is InChI=1S/C18H25N3O2/c1-15-14-18(23-13-12-20-10-4-3-5-11-20)19-21(15)16-6-8-17(22-2)9-7-16/h6-9,14H,3-5,10-13H2,1-2H3. The zero-order valence-corrected chi connectivity index (χ0v) is 14.0. The smallest absolute Gasteiger partial charge is 0.233 e. The number of piperidine rings is 1. The van der Waals surface area contributed by atoms with Gasteiger partial charge in [-0.2, -0.15) is 0 Å². The third-order valence-electron chi connectivity index (χ3n) is 4.29. The van der Waals surface area contributed by atoms with Crippen molar-refractivity contribution in [2.75, 3.05) is 33.4 Å². The van der Waals surface area contributed by atoms with Crippen LogP contribution in [0.4, 0.5) is 0 Å². The van der Waals surface area contributed by atoms with E-state index in [2.05, 4.69) is 10.00 Å². The summed E-state index contributed by atoms with van der Waals surface area (Å²) in [7, 11) is 1.67. The van der Waals surface area contributed by atoms with Crippen LogP contribution in [0.2, 0.25) is 0 Å². The molecule has 1 aliphatic rings. The van der Waals surface area contributed by atoms with Crippen LogP contribution in [0.1, 0.15) is 25.0 Å². The van der Waals surface area contributed by atoms with Gasteiger partial charge in [0.15, 0.2) is 0 Å². The van der Waals surface area contributed by atoms with Gasteiger partial charge in [-0.05, 0) is 57.1 Å². The Morgan fingerprint density at radius 1 is 1.09 bits per heavy atom. The van der Waals surface area contributed by atoms with Crippen LogP contribution in [-0.4, -0.2) is 48.0 Å². The first kappa shape index (κ1) is 15.9. The molecule has 0 N–H and O–H groups in total.